The van der Waals surface area contributed by atoms with E-state index in [0.29, 0.717) is 0 Å². The van der Waals surface area contributed by atoms with Crippen molar-refractivity contribution in [2.24, 2.45) is 7.05 Å². The van der Waals surface area contributed by atoms with Gasteiger partial charge in [-0.25, -0.2) is 0 Å². The Bertz CT molecular complexity index is 377. The fourth-order valence-electron chi connectivity index (χ4n) is 1.28. The topological polar surface area (TPSA) is 22.0 Å². The van der Waals surface area contributed by atoms with E-state index in [0.717, 1.165) is 11.3 Å². The molecule has 1 rings (SSSR count). The quantitative estimate of drug-likeness (QED) is 0.556. The van der Waals surface area contributed by atoms with E-state index in [4.69, 9.17) is 11.6 Å². The standard InChI is InChI=1S/C11H14ClNO/c1-8-6-10(9(2)13(8)3)4-5-11(14)7-12/h4-6H,7H2,1-3H3/b5-4+. The van der Waals surface area contributed by atoms with Crippen LogP contribution in [0.25, 0.3) is 6.08 Å². The highest BCUT2D eigenvalue weighted by atomic mass is 35.5. The van der Waals surface area contributed by atoms with Crippen molar-refractivity contribution in [1.29, 1.82) is 0 Å². The summed E-state index contributed by atoms with van der Waals surface area (Å²) in [5.41, 5.74) is 3.41. The minimum atomic E-state index is -0.0624. The Kier molecular flexibility index (Phi) is 3.53. The molecule has 0 aliphatic rings. The molecule has 0 N–H and O–H groups in total. The van der Waals surface area contributed by atoms with Gasteiger partial charge in [0.2, 0.25) is 0 Å². The second kappa shape index (κ2) is 4.47. The van der Waals surface area contributed by atoms with Gasteiger partial charge in [-0.1, -0.05) is 0 Å². The zero-order valence-corrected chi connectivity index (χ0v) is 9.43. The minimum Gasteiger partial charge on any atom is -0.352 e. The SMILES string of the molecule is Cc1cc(/C=C/C(=O)CCl)c(C)n1C. The van der Waals surface area contributed by atoms with Crippen molar-refractivity contribution in [3.05, 3.63) is 29.1 Å². The van der Waals surface area contributed by atoms with Crippen LogP contribution in [0.4, 0.5) is 0 Å². The minimum absolute atomic E-state index is 0.0430. The molecular weight excluding hydrogens is 198 g/mol. The first-order chi connectivity index (χ1) is 6.56. The number of carbonyl (C=O) groups is 1. The van der Waals surface area contributed by atoms with Gasteiger partial charge in [-0.2, -0.15) is 0 Å². The Morgan fingerprint density at radius 2 is 2.21 bits per heavy atom. The number of aryl methyl sites for hydroxylation is 1. The maximum atomic E-state index is 11.0. The molecule has 0 saturated carbocycles. The van der Waals surface area contributed by atoms with Crippen molar-refractivity contribution in [1.82, 2.24) is 4.57 Å². The van der Waals surface area contributed by atoms with Gasteiger partial charge >= 0.3 is 0 Å². The second-order valence-electron chi connectivity index (χ2n) is 3.32. The summed E-state index contributed by atoms with van der Waals surface area (Å²) in [7, 11) is 2.01. The van der Waals surface area contributed by atoms with E-state index in [-0.39, 0.29) is 11.7 Å². The molecule has 0 bridgehead atoms. The van der Waals surface area contributed by atoms with Crippen molar-refractivity contribution in [2.45, 2.75) is 13.8 Å². The summed E-state index contributed by atoms with van der Waals surface area (Å²) >= 11 is 5.39. The molecule has 3 heteroatoms. The van der Waals surface area contributed by atoms with Crippen LogP contribution in [0.15, 0.2) is 12.1 Å². The van der Waals surface area contributed by atoms with E-state index in [1.165, 1.54) is 11.8 Å². The summed E-state index contributed by atoms with van der Waals surface area (Å²) in [6, 6.07) is 2.05. The van der Waals surface area contributed by atoms with Crippen molar-refractivity contribution < 1.29 is 4.79 Å². The van der Waals surface area contributed by atoms with Gasteiger partial charge in [0, 0.05) is 18.4 Å². The average Bonchev–Trinajstić information content (AvgIpc) is 2.42. The van der Waals surface area contributed by atoms with E-state index in [1.54, 1.807) is 0 Å². The van der Waals surface area contributed by atoms with Gasteiger partial charge in [-0.3, -0.25) is 4.79 Å². The monoisotopic (exact) mass is 211 g/mol. The van der Waals surface area contributed by atoms with E-state index in [1.807, 2.05) is 33.0 Å². The van der Waals surface area contributed by atoms with E-state index >= 15 is 0 Å². The van der Waals surface area contributed by atoms with Gasteiger partial charge in [0.05, 0.1) is 5.88 Å². The van der Waals surface area contributed by atoms with Crippen LogP contribution in [0.2, 0.25) is 0 Å². The molecule has 0 aromatic carbocycles. The summed E-state index contributed by atoms with van der Waals surface area (Å²) < 4.78 is 2.09. The van der Waals surface area contributed by atoms with Crippen LogP contribution < -0.4 is 0 Å². The number of carbonyl (C=O) groups excluding carboxylic acids is 1. The highest BCUT2D eigenvalue weighted by Gasteiger charge is 2.02. The zero-order valence-electron chi connectivity index (χ0n) is 8.67. The molecule has 0 aliphatic heterocycles. The number of alkyl halides is 1. The van der Waals surface area contributed by atoms with Crippen LogP contribution in [-0.2, 0) is 11.8 Å². The normalized spacial score (nSPS) is 11.1. The molecule has 14 heavy (non-hydrogen) atoms. The molecule has 76 valence electrons. The Morgan fingerprint density at radius 3 is 2.64 bits per heavy atom. The van der Waals surface area contributed by atoms with Crippen LogP contribution in [0.1, 0.15) is 17.0 Å². The van der Waals surface area contributed by atoms with Gasteiger partial charge in [-0.15, -0.1) is 11.6 Å². The maximum absolute atomic E-state index is 11.0. The van der Waals surface area contributed by atoms with Crippen LogP contribution in [0.3, 0.4) is 0 Å². The van der Waals surface area contributed by atoms with Crippen molar-refractivity contribution in [2.75, 3.05) is 5.88 Å². The molecule has 0 aliphatic carbocycles. The van der Waals surface area contributed by atoms with Crippen LogP contribution in [-0.4, -0.2) is 16.2 Å². The Morgan fingerprint density at radius 1 is 1.57 bits per heavy atom. The number of halogens is 1. The summed E-state index contributed by atoms with van der Waals surface area (Å²) in [5.74, 6) is -0.0194. The first kappa shape index (κ1) is 11.1. The van der Waals surface area contributed by atoms with E-state index in [9.17, 15) is 4.79 Å². The van der Waals surface area contributed by atoms with Gasteiger partial charge in [0.15, 0.2) is 5.78 Å². The fourth-order valence-corrected chi connectivity index (χ4v) is 1.37. The number of hydrogen-bond donors (Lipinski definition) is 0. The summed E-state index contributed by atoms with van der Waals surface area (Å²) in [6.45, 7) is 4.06. The first-order valence-electron chi connectivity index (χ1n) is 4.46. The maximum Gasteiger partial charge on any atom is 0.170 e. The third kappa shape index (κ3) is 2.26. The molecule has 0 saturated heterocycles. The predicted molar refractivity (Wildman–Crippen MR) is 59.6 cm³/mol. The van der Waals surface area contributed by atoms with Crippen LogP contribution in [0, 0.1) is 13.8 Å². The summed E-state index contributed by atoms with van der Waals surface area (Å²) in [4.78, 5) is 11.0. The van der Waals surface area contributed by atoms with Crippen molar-refractivity contribution >= 4 is 23.5 Å². The molecule has 0 radical (unpaired) electrons. The van der Waals surface area contributed by atoms with E-state index < -0.39 is 0 Å². The lowest BCUT2D eigenvalue weighted by Crippen LogP contribution is -1.94. The molecule has 1 aromatic rings. The molecule has 0 unspecified atom stereocenters. The van der Waals surface area contributed by atoms with Crippen molar-refractivity contribution in [3.63, 3.8) is 0 Å². The van der Waals surface area contributed by atoms with Gasteiger partial charge < -0.3 is 4.57 Å². The molecular formula is C11H14ClNO. The number of aromatic nitrogens is 1. The highest BCUT2D eigenvalue weighted by molar-refractivity contribution is 6.29. The molecule has 0 atom stereocenters. The third-order valence-corrected chi connectivity index (χ3v) is 2.66. The lowest BCUT2D eigenvalue weighted by atomic mass is 10.2. The largest absolute Gasteiger partial charge is 0.352 e. The lowest BCUT2D eigenvalue weighted by Gasteiger charge is -1.98. The fraction of sp³-hybridized carbons (Fsp3) is 0.364. The molecule has 2 nitrogen and oxygen atoms in total. The van der Waals surface area contributed by atoms with Gasteiger partial charge in [0.1, 0.15) is 0 Å². The summed E-state index contributed by atoms with van der Waals surface area (Å²) in [6.07, 6.45) is 3.34. The Hall–Kier alpha value is -1.02. The van der Waals surface area contributed by atoms with Crippen LogP contribution in [0.5, 0.6) is 0 Å². The number of ketones is 1. The number of nitrogens with zero attached hydrogens (tertiary/aromatic N) is 1. The van der Waals surface area contributed by atoms with Crippen molar-refractivity contribution in [3.8, 4) is 0 Å². The Balaban J connectivity index is 2.92. The average molecular weight is 212 g/mol. The molecule has 0 fully saturated rings. The number of rotatable bonds is 3. The first-order valence-corrected chi connectivity index (χ1v) is 4.99. The predicted octanol–water partition coefficient (Wildman–Crippen LogP) is 2.46. The molecule has 0 spiro atoms. The van der Waals surface area contributed by atoms with Gasteiger partial charge in [-0.05, 0) is 37.6 Å². The number of hydrogen-bond acceptors (Lipinski definition) is 1. The summed E-state index contributed by atoms with van der Waals surface area (Å²) in [5, 5.41) is 0. The van der Waals surface area contributed by atoms with Gasteiger partial charge in [0.25, 0.3) is 0 Å². The highest BCUT2D eigenvalue weighted by Crippen LogP contribution is 2.14. The number of allylic oxidation sites excluding steroid dienone is 1. The molecule has 0 amide bonds. The Labute approximate surface area is 89.2 Å². The van der Waals surface area contributed by atoms with Crippen LogP contribution >= 0.6 is 11.6 Å². The second-order valence-corrected chi connectivity index (χ2v) is 3.59. The smallest absolute Gasteiger partial charge is 0.170 e. The molecule has 1 heterocycles. The zero-order chi connectivity index (χ0) is 10.7. The molecule has 1 aromatic heterocycles. The lowest BCUT2D eigenvalue weighted by molar-refractivity contribution is -0.112. The van der Waals surface area contributed by atoms with E-state index in [2.05, 4.69) is 4.57 Å². The third-order valence-electron chi connectivity index (χ3n) is 2.39.